The molecule has 1 aliphatic heterocycles. The van der Waals surface area contributed by atoms with Crippen LogP contribution in [0.4, 0.5) is 0 Å². The van der Waals surface area contributed by atoms with Crippen LogP contribution in [0.3, 0.4) is 0 Å². The van der Waals surface area contributed by atoms with Crippen molar-refractivity contribution in [3.63, 3.8) is 0 Å². The molecule has 1 aromatic carbocycles. The van der Waals surface area contributed by atoms with Gasteiger partial charge in [0.05, 0.1) is 14.2 Å². The van der Waals surface area contributed by atoms with Crippen LogP contribution >= 0.6 is 0 Å². The number of methoxy groups -OCH3 is 2. The molecule has 1 aromatic rings. The van der Waals surface area contributed by atoms with E-state index >= 15 is 0 Å². The molecule has 0 amide bonds. The van der Waals surface area contributed by atoms with E-state index in [2.05, 4.69) is 5.32 Å². The lowest BCUT2D eigenvalue weighted by atomic mass is 9.94. The van der Waals surface area contributed by atoms with Gasteiger partial charge in [0, 0.05) is 18.5 Å². The molecule has 2 N–H and O–H groups in total. The molecule has 0 fully saturated rings. The molecular formula is C12H15NO4. The van der Waals surface area contributed by atoms with E-state index in [9.17, 15) is 4.79 Å². The number of hydrogen-bond acceptors (Lipinski definition) is 4. The van der Waals surface area contributed by atoms with Crippen molar-refractivity contribution < 1.29 is 19.4 Å². The van der Waals surface area contributed by atoms with Gasteiger partial charge in [-0.2, -0.15) is 0 Å². The van der Waals surface area contributed by atoms with Gasteiger partial charge in [-0.05, 0) is 11.6 Å². The van der Waals surface area contributed by atoms with Crippen LogP contribution in [-0.4, -0.2) is 31.3 Å². The Morgan fingerprint density at radius 2 is 2.18 bits per heavy atom. The molecule has 0 aromatic heterocycles. The molecule has 0 spiro atoms. The zero-order chi connectivity index (χ0) is 12.4. The van der Waals surface area contributed by atoms with E-state index < -0.39 is 12.0 Å². The molecule has 0 saturated heterocycles. The number of aliphatic carboxylic acids is 1. The summed E-state index contributed by atoms with van der Waals surface area (Å²) in [5.41, 5.74) is 1.97. The number of benzene rings is 1. The predicted octanol–water partition coefficient (Wildman–Crippen LogP) is 0.803. The van der Waals surface area contributed by atoms with Gasteiger partial charge < -0.3 is 19.9 Å². The van der Waals surface area contributed by atoms with Gasteiger partial charge in [-0.1, -0.05) is 6.07 Å². The van der Waals surface area contributed by atoms with Gasteiger partial charge >= 0.3 is 5.97 Å². The van der Waals surface area contributed by atoms with E-state index in [0.29, 0.717) is 24.5 Å². The Morgan fingerprint density at radius 1 is 1.41 bits per heavy atom. The highest BCUT2D eigenvalue weighted by Crippen LogP contribution is 2.35. The van der Waals surface area contributed by atoms with Gasteiger partial charge in [0.15, 0.2) is 11.5 Å². The zero-order valence-electron chi connectivity index (χ0n) is 9.82. The van der Waals surface area contributed by atoms with E-state index in [-0.39, 0.29) is 0 Å². The standard InChI is InChI=1S/C12H15NO4/c1-16-10-4-3-7-6-13-9(12(14)15)5-8(7)11(10)17-2/h3-4,9,13H,5-6H2,1-2H3,(H,14,15)/t9-/m0/s1. The van der Waals surface area contributed by atoms with Gasteiger partial charge in [0.25, 0.3) is 0 Å². The molecule has 92 valence electrons. The Hall–Kier alpha value is -1.75. The summed E-state index contributed by atoms with van der Waals surface area (Å²) in [6.45, 7) is 0.534. The molecule has 0 bridgehead atoms. The normalized spacial score (nSPS) is 18.4. The van der Waals surface area contributed by atoms with E-state index in [0.717, 1.165) is 11.1 Å². The lowest BCUT2D eigenvalue weighted by Gasteiger charge is -2.25. The first-order chi connectivity index (χ1) is 8.17. The van der Waals surface area contributed by atoms with E-state index in [4.69, 9.17) is 14.6 Å². The fourth-order valence-electron chi connectivity index (χ4n) is 2.11. The number of carboxylic acid groups (broad SMARTS) is 1. The van der Waals surface area contributed by atoms with Crippen molar-refractivity contribution in [1.29, 1.82) is 0 Å². The molecule has 0 saturated carbocycles. The highest BCUT2D eigenvalue weighted by Gasteiger charge is 2.27. The number of nitrogens with one attached hydrogen (secondary N) is 1. The number of carbonyl (C=O) groups is 1. The fourth-order valence-corrected chi connectivity index (χ4v) is 2.11. The second kappa shape index (κ2) is 4.63. The molecule has 1 atom stereocenters. The van der Waals surface area contributed by atoms with Gasteiger partial charge in [-0.25, -0.2) is 0 Å². The third-order valence-corrected chi connectivity index (χ3v) is 2.99. The molecule has 5 heteroatoms. The first kappa shape index (κ1) is 11.7. The number of carboxylic acids is 1. The van der Waals surface area contributed by atoms with Crippen molar-refractivity contribution in [1.82, 2.24) is 5.32 Å². The SMILES string of the molecule is COc1ccc2c(c1OC)C[C@@H](C(=O)O)NC2. The Labute approximate surface area is 99.3 Å². The molecule has 0 unspecified atom stereocenters. The van der Waals surface area contributed by atoms with E-state index in [1.54, 1.807) is 14.2 Å². The molecule has 5 nitrogen and oxygen atoms in total. The maximum Gasteiger partial charge on any atom is 0.321 e. The van der Waals surface area contributed by atoms with Crippen molar-refractivity contribution in [3.05, 3.63) is 23.3 Å². The summed E-state index contributed by atoms with van der Waals surface area (Å²) in [5.74, 6) is 0.426. The lowest BCUT2D eigenvalue weighted by molar-refractivity contribution is -0.139. The first-order valence-corrected chi connectivity index (χ1v) is 5.36. The molecule has 0 aliphatic carbocycles. The minimum atomic E-state index is -0.847. The largest absolute Gasteiger partial charge is 0.493 e. The predicted molar refractivity (Wildman–Crippen MR) is 61.5 cm³/mol. The highest BCUT2D eigenvalue weighted by atomic mass is 16.5. The van der Waals surface area contributed by atoms with E-state index in [1.807, 2.05) is 12.1 Å². The maximum absolute atomic E-state index is 11.0. The zero-order valence-corrected chi connectivity index (χ0v) is 9.82. The minimum absolute atomic E-state index is 0.408. The quantitative estimate of drug-likeness (QED) is 0.814. The van der Waals surface area contributed by atoms with Crippen LogP contribution < -0.4 is 14.8 Å². The second-order valence-electron chi connectivity index (χ2n) is 3.91. The Morgan fingerprint density at radius 3 is 2.76 bits per heavy atom. The van der Waals surface area contributed by atoms with Gasteiger partial charge in [-0.15, -0.1) is 0 Å². The molecule has 0 radical (unpaired) electrons. The topological polar surface area (TPSA) is 67.8 Å². The van der Waals surface area contributed by atoms with Crippen LogP contribution in [-0.2, 0) is 17.8 Å². The molecule has 2 rings (SSSR count). The van der Waals surface area contributed by atoms with Gasteiger partial charge in [-0.3, -0.25) is 4.79 Å². The van der Waals surface area contributed by atoms with Crippen LogP contribution in [0.1, 0.15) is 11.1 Å². The second-order valence-corrected chi connectivity index (χ2v) is 3.91. The van der Waals surface area contributed by atoms with Crippen molar-refractivity contribution in [2.45, 2.75) is 19.0 Å². The third kappa shape index (κ3) is 2.06. The summed E-state index contributed by atoms with van der Waals surface area (Å²) in [6.07, 6.45) is 0.408. The third-order valence-electron chi connectivity index (χ3n) is 2.99. The summed E-state index contributed by atoms with van der Waals surface area (Å²) in [5, 5.41) is 12.0. The van der Waals surface area contributed by atoms with Crippen molar-refractivity contribution >= 4 is 5.97 Å². The maximum atomic E-state index is 11.0. The molecule has 1 aliphatic rings. The van der Waals surface area contributed by atoms with Gasteiger partial charge in [0.2, 0.25) is 0 Å². The number of rotatable bonds is 3. The Balaban J connectivity index is 2.42. The van der Waals surface area contributed by atoms with Crippen LogP contribution in [0.2, 0.25) is 0 Å². The minimum Gasteiger partial charge on any atom is -0.493 e. The average molecular weight is 237 g/mol. The van der Waals surface area contributed by atoms with Gasteiger partial charge in [0.1, 0.15) is 6.04 Å². The van der Waals surface area contributed by atoms with Crippen molar-refractivity contribution in [3.8, 4) is 11.5 Å². The number of fused-ring (bicyclic) bond motifs is 1. The number of ether oxygens (including phenoxy) is 2. The summed E-state index contributed by atoms with van der Waals surface area (Å²) in [6, 6.07) is 3.20. The lowest BCUT2D eigenvalue weighted by Crippen LogP contribution is -2.41. The first-order valence-electron chi connectivity index (χ1n) is 5.36. The Bertz CT molecular complexity index is 444. The molecule has 1 heterocycles. The average Bonchev–Trinajstić information content (AvgIpc) is 2.36. The van der Waals surface area contributed by atoms with Crippen LogP contribution in [0.15, 0.2) is 12.1 Å². The monoisotopic (exact) mass is 237 g/mol. The summed E-state index contributed by atoms with van der Waals surface area (Å²) in [4.78, 5) is 11.0. The summed E-state index contributed by atoms with van der Waals surface area (Å²) < 4.78 is 10.5. The molecule has 17 heavy (non-hydrogen) atoms. The van der Waals surface area contributed by atoms with Crippen LogP contribution in [0.25, 0.3) is 0 Å². The smallest absolute Gasteiger partial charge is 0.321 e. The number of hydrogen-bond donors (Lipinski definition) is 2. The summed E-state index contributed by atoms with van der Waals surface area (Å²) in [7, 11) is 3.13. The summed E-state index contributed by atoms with van der Waals surface area (Å²) >= 11 is 0. The van der Waals surface area contributed by atoms with Crippen LogP contribution in [0, 0.1) is 0 Å². The molecular weight excluding hydrogens is 222 g/mol. The van der Waals surface area contributed by atoms with Crippen molar-refractivity contribution in [2.24, 2.45) is 0 Å². The highest BCUT2D eigenvalue weighted by molar-refractivity contribution is 5.75. The van der Waals surface area contributed by atoms with Crippen molar-refractivity contribution in [2.75, 3.05) is 14.2 Å². The van der Waals surface area contributed by atoms with E-state index in [1.165, 1.54) is 0 Å². The fraction of sp³-hybridized carbons (Fsp3) is 0.417. The Kier molecular flexibility index (Phi) is 3.19. The van der Waals surface area contributed by atoms with Crippen LogP contribution in [0.5, 0.6) is 11.5 Å².